The predicted octanol–water partition coefficient (Wildman–Crippen LogP) is -0.234. The fourth-order valence-electron chi connectivity index (χ4n) is 0.627. The summed E-state index contributed by atoms with van der Waals surface area (Å²) in [7, 11) is 0. The fraction of sp³-hybridized carbons (Fsp3) is 0. The van der Waals surface area contributed by atoms with Crippen molar-refractivity contribution in [1.82, 2.24) is 0 Å². The lowest BCUT2D eigenvalue weighted by Gasteiger charge is -1.55. The van der Waals surface area contributed by atoms with Gasteiger partial charge in [0, 0.05) is 0 Å². The molecule has 54 valence electrons. The van der Waals surface area contributed by atoms with Gasteiger partial charge < -0.3 is 0 Å². The first-order chi connectivity index (χ1) is 5.85. The van der Waals surface area contributed by atoms with E-state index >= 15 is 0 Å². The van der Waals surface area contributed by atoms with Gasteiger partial charge in [-0.1, -0.05) is 0 Å². The number of nitriles is 3. The first kappa shape index (κ1) is 7.59. The molecular formula is C6N6. The second kappa shape index (κ2) is 3.05. The lowest BCUT2D eigenvalue weighted by Crippen LogP contribution is -1.69. The molecule has 0 radical (unpaired) electrons. The zero-order chi connectivity index (χ0) is 8.97. The van der Waals surface area contributed by atoms with Gasteiger partial charge in [0.1, 0.15) is 17.1 Å². The highest BCUT2D eigenvalue weighted by atomic mass is 14.9. The molecule has 0 aromatic carbocycles. The van der Waals surface area contributed by atoms with Gasteiger partial charge in [-0.2, -0.15) is 30.8 Å². The van der Waals surface area contributed by atoms with Crippen LogP contribution in [0.15, 0.2) is 15.0 Å². The third kappa shape index (κ3) is 1.16. The summed E-state index contributed by atoms with van der Waals surface area (Å²) in [6, 6.07) is 0. The number of hydrogen-bond donors (Lipinski definition) is 0. The average molecular weight is 156 g/mol. The minimum Gasteiger partial charge on any atom is -0.170 e. The maximum atomic E-state index is 8.14. The lowest BCUT2D eigenvalue weighted by atomic mass is 10.8. The normalized spacial score (nSPS) is 12.2. The van der Waals surface area contributed by atoms with E-state index in [0.29, 0.717) is 0 Å². The molecule has 0 spiro atoms. The van der Waals surface area contributed by atoms with E-state index in [1.165, 1.54) is 18.6 Å². The summed E-state index contributed by atoms with van der Waals surface area (Å²) in [6.45, 7) is 0. The Labute approximate surface area is 67.4 Å². The van der Waals surface area contributed by atoms with Crippen LogP contribution in [0.5, 0.6) is 0 Å². The summed E-state index contributed by atoms with van der Waals surface area (Å²) in [5.74, 6) is 0. The molecule has 1 saturated carbocycles. The van der Waals surface area contributed by atoms with Crippen molar-refractivity contribution < 1.29 is 0 Å². The van der Waals surface area contributed by atoms with E-state index in [9.17, 15) is 0 Å². The Balaban J connectivity index is 3.03. The van der Waals surface area contributed by atoms with Gasteiger partial charge in [0.15, 0.2) is 0 Å². The average Bonchev–Trinajstić information content (AvgIpc) is 2.67. The maximum Gasteiger partial charge on any atom is 0.206 e. The first-order valence-electron chi connectivity index (χ1n) is 2.76. The van der Waals surface area contributed by atoms with E-state index in [1.807, 2.05) is 0 Å². The molecule has 0 aromatic heterocycles. The molecule has 0 bridgehead atoms. The minimum atomic E-state index is 0.223. The molecule has 6 heteroatoms. The van der Waals surface area contributed by atoms with Crippen LogP contribution in [0.3, 0.4) is 0 Å². The Morgan fingerprint density at radius 1 is 0.667 bits per heavy atom. The highest BCUT2D eigenvalue weighted by Crippen LogP contribution is 2.09. The first-order valence-corrected chi connectivity index (χ1v) is 2.76. The Bertz CT molecular complexity index is 340. The second-order valence-corrected chi connectivity index (χ2v) is 1.68. The summed E-state index contributed by atoms with van der Waals surface area (Å²) >= 11 is 0. The number of hydrogen-bond acceptors (Lipinski definition) is 6. The summed E-state index contributed by atoms with van der Waals surface area (Å²) in [4.78, 5) is 9.88. The van der Waals surface area contributed by atoms with Gasteiger partial charge in [-0.25, -0.2) is 0 Å². The zero-order valence-corrected chi connectivity index (χ0v) is 5.68. The molecule has 1 aliphatic carbocycles. The molecule has 0 heterocycles. The fourth-order valence-corrected chi connectivity index (χ4v) is 0.627. The van der Waals surface area contributed by atoms with Crippen molar-refractivity contribution in [3.8, 4) is 18.6 Å². The molecule has 1 aliphatic rings. The van der Waals surface area contributed by atoms with E-state index in [-0.39, 0.29) is 17.1 Å². The summed E-state index contributed by atoms with van der Waals surface area (Å²) in [6.07, 6.45) is 4.54. The smallest absolute Gasteiger partial charge is 0.170 e. The molecule has 12 heavy (non-hydrogen) atoms. The van der Waals surface area contributed by atoms with Crippen molar-refractivity contribution in [3.63, 3.8) is 0 Å². The summed E-state index contributed by atoms with van der Waals surface area (Å²) in [5, 5.41) is 24.4. The molecule has 0 aromatic rings. The number of rotatable bonds is 0. The molecule has 0 unspecified atom stereocenters. The Hall–Kier alpha value is -2.52. The van der Waals surface area contributed by atoms with Crippen LogP contribution < -0.4 is 0 Å². The van der Waals surface area contributed by atoms with Crippen LogP contribution in [0.2, 0.25) is 0 Å². The van der Waals surface area contributed by atoms with E-state index < -0.39 is 0 Å². The lowest BCUT2D eigenvalue weighted by molar-refractivity contribution is 1.44. The molecule has 0 aliphatic heterocycles. The molecule has 1 fully saturated rings. The van der Waals surface area contributed by atoms with Gasteiger partial charge in [-0.15, -0.1) is 0 Å². The van der Waals surface area contributed by atoms with Crippen molar-refractivity contribution >= 4 is 17.1 Å². The molecule has 1 rings (SSSR count). The third-order valence-electron chi connectivity index (χ3n) is 1.10. The molecular weight excluding hydrogens is 156 g/mol. The van der Waals surface area contributed by atoms with Crippen LogP contribution in [-0.2, 0) is 0 Å². The van der Waals surface area contributed by atoms with Crippen molar-refractivity contribution in [1.29, 1.82) is 15.8 Å². The van der Waals surface area contributed by atoms with E-state index in [0.717, 1.165) is 0 Å². The van der Waals surface area contributed by atoms with Crippen molar-refractivity contribution in [3.05, 3.63) is 0 Å². The highest BCUT2D eigenvalue weighted by Gasteiger charge is 2.38. The van der Waals surface area contributed by atoms with Gasteiger partial charge in [-0.3, -0.25) is 0 Å². The van der Waals surface area contributed by atoms with Crippen molar-refractivity contribution in [2.24, 2.45) is 15.0 Å². The van der Waals surface area contributed by atoms with Gasteiger partial charge in [-0.05, 0) is 0 Å². The molecule has 0 atom stereocenters. The predicted molar refractivity (Wildman–Crippen MR) is 39.1 cm³/mol. The molecule has 0 saturated heterocycles. The van der Waals surface area contributed by atoms with Crippen LogP contribution in [0.4, 0.5) is 0 Å². The minimum absolute atomic E-state index is 0.223. The number of nitrogens with zero attached hydrogens (tertiary/aromatic N) is 6. The SMILES string of the molecule is N#CN=C1C(=NC#N)C1=NC#N. The second-order valence-electron chi connectivity index (χ2n) is 1.68. The van der Waals surface area contributed by atoms with Crippen LogP contribution in [0.1, 0.15) is 0 Å². The summed E-state index contributed by atoms with van der Waals surface area (Å²) < 4.78 is 0. The van der Waals surface area contributed by atoms with Gasteiger partial charge in [0.2, 0.25) is 18.6 Å². The Morgan fingerprint density at radius 3 is 1.08 bits per heavy atom. The highest BCUT2D eigenvalue weighted by molar-refractivity contribution is 7.12. The standard InChI is InChI=1S/C6N6/c7-1-10-4-5(11-2-8)6(4)12-3-9. The van der Waals surface area contributed by atoms with Gasteiger partial charge in [0.25, 0.3) is 0 Å². The van der Waals surface area contributed by atoms with Crippen LogP contribution in [-0.4, -0.2) is 17.1 Å². The van der Waals surface area contributed by atoms with Crippen LogP contribution in [0.25, 0.3) is 0 Å². The number of aliphatic imine (C=N–C) groups is 3. The van der Waals surface area contributed by atoms with Gasteiger partial charge >= 0.3 is 0 Å². The van der Waals surface area contributed by atoms with Crippen LogP contribution in [0, 0.1) is 34.4 Å². The van der Waals surface area contributed by atoms with Crippen molar-refractivity contribution in [2.75, 3.05) is 0 Å². The molecule has 0 N–H and O–H groups in total. The molecule has 0 amide bonds. The third-order valence-corrected chi connectivity index (χ3v) is 1.10. The van der Waals surface area contributed by atoms with E-state index in [1.54, 1.807) is 0 Å². The largest absolute Gasteiger partial charge is 0.206 e. The van der Waals surface area contributed by atoms with Gasteiger partial charge in [0.05, 0.1) is 0 Å². The monoisotopic (exact) mass is 156 g/mol. The van der Waals surface area contributed by atoms with E-state index in [2.05, 4.69) is 15.0 Å². The zero-order valence-electron chi connectivity index (χ0n) is 5.68. The van der Waals surface area contributed by atoms with E-state index in [4.69, 9.17) is 15.8 Å². The van der Waals surface area contributed by atoms with Crippen LogP contribution >= 0.6 is 0 Å². The topological polar surface area (TPSA) is 108 Å². The summed E-state index contributed by atoms with van der Waals surface area (Å²) in [5.41, 5.74) is 0.668. The Morgan fingerprint density at radius 2 is 0.917 bits per heavy atom. The Kier molecular flexibility index (Phi) is 1.93. The molecule has 6 nitrogen and oxygen atoms in total. The van der Waals surface area contributed by atoms with Crippen molar-refractivity contribution in [2.45, 2.75) is 0 Å². The maximum absolute atomic E-state index is 8.14. The quantitative estimate of drug-likeness (QED) is 0.451.